The molecular formula is C11H15N3O3. The molecule has 0 radical (unpaired) electrons. The highest BCUT2D eigenvalue weighted by molar-refractivity contribution is 6.06. The van der Waals surface area contributed by atoms with Crippen molar-refractivity contribution in [3.05, 3.63) is 23.8 Å². The third kappa shape index (κ3) is 2.54. The van der Waals surface area contributed by atoms with Crippen LogP contribution in [-0.4, -0.2) is 18.4 Å². The lowest BCUT2D eigenvalue weighted by atomic mass is 10.1. The topological polar surface area (TPSA) is 79.5 Å². The Morgan fingerprint density at radius 1 is 1.29 bits per heavy atom. The molecule has 0 amide bonds. The number of hydrazine groups is 2. The fourth-order valence-electron chi connectivity index (χ4n) is 1.54. The van der Waals surface area contributed by atoms with E-state index in [9.17, 15) is 9.59 Å². The molecule has 6 heteroatoms. The largest absolute Gasteiger partial charge is 0.466 e. The van der Waals surface area contributed by atoms with Crippen molar-refractivity contribution < 1.29 is 15.8 Å². The minimum atomic E-state index is -0.498. The number of ketones is 1. The zero-order chi connectivity index (χ0) is 12.3. The average molecular weight is 237 g/mol. The van der Waals surface area contributed by atoms with Crippen molar-refractivity contribution in [2.75, 3.05) is 17.5 Å². The van der Waals surface area contributed by atoms with Crippen LogP contribution in [0, 0.1) is 0 Å². The second kappa shape index (κ2) is 4.84. The van der Waals surface area contributed by atoms with Gasteiger partial charge in [-0.25, -0.2) is 0 Å². The van der Waals surface area contributed by atoms with E-state index in [0.29, 0.717) is 5.56 Å². The fraction of sp³-hybridized carbons (Fsp3) is 0.273. The van der Waals surface area contributed by atoms with Crippen LogP contribution in [0.5, 0.6) is 0 Å². The minimum absolute atomic E-state index is 0. The molecule has 0 saturated heterocycles. The summed E-state index contributed by atoms with van der Waals surface area (Å²) in [6.07, 6.45) is -0.229. The number of rotatable bonds is 4. The summed E-state index contributed by atoms with van der Waals surface area (Å²) in [5, 5.41) is 0. The molecule has 1 aliphatic rings. The molecule has 92 valence electrons. The molecule has 6 nitrogen and oxygen atoms in total. The van der Waals surface area contributed by atoms with E-state index >= 15 is 0 Å². The van der Waals surface area contributed by atoms with Crippen molar-refractivity contribution in [3.63, 3.8) is 0 Å². The van der Waals surface area contributed by atoms with Gasteiger partial charge in [0.25, 0.3) is 0 Å². The Labute approximate surface area is 99.8 Å². The SMILES string of the molecule is CCOC(=O)CC(=O)c1ccc2c(c1)NNN2.[HH]. The van der Waals surface area contributed by atoms with Gasteiger partial charge in [-0.15, -0.1) is 5.53 Å². The molecule has 0 bridgehead atoms. The number of carbonyl (C=O) groups is 2. The number of ether oxygens (including phenoxy) is 1. The van der Waals surface area contributed by atoms with Gasteiger partial charge in [0.2, 0.25) is 0 Å². The first-order valence-electron chi connectivity index (χ1n) is 5.30. The number of carbonyl (C=O) groups excluding carboxylic acids is 2. The Bertz CT molecular complexity index is 465. The molecule has 0 atom stereocenters. The fourth-order valence-corrected chi connectivity index (χ4v) is 1.54. The minimum Gasteiger partial charge on any atom is -0.466 e. The summed E-state index contributed by atoms with van der Waals surface area (Å²) in [5.74, 6) is -0.748. The van der Waals surface area contributed by atoms with E-state index in [2.05, 4.69) is 16.4 Å². The second-order valence-electron chi connectivity index (χ2n) is 3.54. The molecule has 0 fully saturated rings. The summed E-state index contributed by atoms with van der Waals surface area (Å²) in [6.45, 7) is 1.99. The van der Waals surface area contributed by atoms with Crippen LogP contribution in [0.2, 0.25) is 0 Å². The average Bonchev–Trinajstić information content (AvgIpc) is 2.75. The Morgan fingerprint density at radius 2 is 2.06 bits per heavy atom. The van der Waals surface area contributed by atoms with E-state index in [1.807, 2.05) is 0 Å². The Kier molecular flexibility index (Phi) is 3.24. The van der Waals surface area contributed by atoms with Crippen LogP contribution in [0.25, 0.3) is 0 Å². The molecule has 1 aromatic carbocycles. The summed E-state index contributed by atoms with van der Waals surface area (Å²) in [6, 6.07) is 5.12. The maximum atomic E-state index is 11.8. The molecule has 0 aliphatic carbocycles. The maximum Gasteiger partial charge on any atom is 0.313 e. The van der Waals surface area contributed by atoms with Crippen molar-refractivity contribution in [1.29, 1.82) is 0 Å². The van der Waals surface area contributed by atoms with E-state index in [0.717, 1.165) is 11.4 Å². The second-order valence-corrected chi connectivity index (χ2v) is 3.54. The molecule has 0 saturated carbocycles. The molecule has 17 heavy (non-hydrogen) atoms. The predicted octanol–water partition coefficient (Wildman–Crippen LogP) is 1.33. The Hall–Kier alpha value is -2.08. The number of hydrogen-bond donors (Lipinski definition) is 3. The van der Waals surface area contributed by atoms with Gasteiger partial charge in [-0.2, -0.15) is 0 Å². The van der Waals surface area contributed by atoms with Crippen molar-refractivity contribution >= 4 is 23.1 Å². The molecule has 0 unspecified atom stereocenters. The maximum absolute atomic E-state index is 11.8. The van der Waals surface area contributed by atoms with Crippen LogP contribution in [0.4, 0.5) is 11.4 Å². The van der Waals surface area contributed by atoms with Gasteiger partial charge < -0.3 is 15.6 Å². The van der Waals surface area contributed by atoms with Crippen LogP contribution < -0.4 is 16.4 Å². The summed E-state index contributed by atoms with van der Waals surface area (Å²) < 4.78 is 4.73. The van der Waals surface area contributed by atoms with Crippen LogP contribution in [0.3, 0.4) is 0 Å². The number of Topliss-reactive ketones (excluding diaryl/α,β-unsaturated/α-hetero) is 1. The lowest BCUT2D eigenvalue weighted by molar-refractivity contribution is -0.141. The predicted molar refractivity (Wildman–Crippen MR) is 64.5 cm³/mol. The third-order valence-electron chi connectivity index (χ3n) is 2.35. The molecule has 1 aliphatic heterocycles. The zero-order valence-corrected chi connectivity index (χ0v) is 9.37. The lowest BCUT2D eigenvalue weighted by Gasteiger charge is -2.03. The first kappa shape index (κ1) is 11.4. The molecule has 0 aromatic heterocycles. The van der Waals surface area contributed by atoms with Gasteiger partial charge in [0.1, 0.15) is 6.42 Å². The first-order chi connectivity index (χ1) is 8.20. The number of benzene rings is 1. The highest BCUT2D eigenvalue weighted by Crippen LogP contribution is 2.25. The van der Waals surface area contributed by atoms with Crippen molar-refractivity contribution in [1.82, 2.24) is 5.53 Å². The van der Waals surface area contributed by atoms with E-state index in [1.54, 1.807) is 25.1 Å². The molecule has 2 rings (SSSR count). The summed E-state index contributed by atoms with van der Waals surface area (Å²) in [5.41, 5.74) is 10.5. The van der Waals surface area contributed by atoms with E-state index in [4.69, 9.17) is 4.74 Å². The van der Waals surface area contributed by atoms with Crippen molar-refractivity contribution in [3.8, 4) is 0 Å². The Morgan fingerprint density at radius 3 is 2.82 bits per heavy atom. The van der Waals surface area contributed by atoms with Gasteiger partial charge in [0, 0.05) is 6.99 Å². The monoisotopic (exact) mass is 237 g/mol. The van der Waals surface area contributed by atoms with Crippen LogP contribution >= 0.6 is 0 Å². The van der Waals surface area contributed by atoms with Gasteiger partial charge in [0.15, 0.2) is 5.78 Å². The summed E-state index contributed by atoms with van der Waals surface area (Å²) in [4.78, 5) is 22.9. The summed E-state index contributed by atoms with van der Waals surface area (Å²) >= 11 is 0. The van der Waals surface area contributed by atoms with Crippen LogP contribution in [0.15, 0.2) is 18.2 Å². The van der Waals surface area contributed by atoms with E-state index in [-0.39, 0.29) is 20.2 Å². The Balaban J connectivity index is 0.00000162. The standard InChI is InChI=1S/C11H13N3O3.H2/c1-2-17-11(16)6-10(15)7-3-4-8-9(5-7)13-14-12-8;/h3-5,12-14H,2,6H2,1H3;1H. The number of hydrogen-bond acceptors (Lipinski definition) is 6. The molecule has 1 aromatic rings. The third-order valence-corrected chi connectivity index (χ3v) is 2.35. The molecule has 3 N–H and O–H groups in total. The number of anilines is 2. The molecule has 1 heterocycles. The number of fused-ring (bicyclic) bond motifs is 1. The number of esters is 1. The van der Waals surface area contributed by atoms with Gasteiger partial charge in [-0.3, -0.25) is 9.59 Å². The normalized spacial score (nSPS) is 12.3. The quantitative estimate of drug-likeness (QED) is 0.416. The van der Waals surface area contributed by atoms with Crippen LogP contribution in [0.1, 0.15) is 25.1 Å². The van der Waals surface area contributed by atoms with Gasteiger partial charge >= 0.3 is 5.97 Å². The van der Waals surface area contributed by atoms with Gasteiger partial charge in [-0.05, 0) is 25.1 Å². The van der Waals surface area contributed by atoms with Crippen molar-refractivity contribution in [2.45, 2.75) is 13.3 Å². The first-order valence-corrected chi connectivity index (χ1v) is 5.30. The lowest BCUT2D eigenvalue weighted by Crippen LogP contribution is -2.19. The highest BCUT2D eigenvalue weighted by atomic mass is 16.5. The number of nitrogens with one attached hydrogen (secondary N) is 3. The molecule has 0 spiro atoms. The molecular weight excluding hydrogens is 222 g/mol. The van der Waals surface area contributed by atoms with Gasteiger partial charge in [-0.1, -0.05) is 0 Å². The van der Waals surface area contributed by atoms with Crippen molar-refractivity contribution in [2.24, 2.45) is 0 Å². The van der Waals surface area contributed by atoms with Crippen LogP contribution in [-0.2, 0) is 9.53 Å². The van der Waals surface area contributed by atoms with E-state index in [1.165, 1.54) is 0 Å². The smallest absolute Gasteiger partial charge is 0.313 e. The highest BCUT2D eigenvalue weighted by Gasteiger charge is 2.16. The van der Waals surface area contributed by atoms with E-state index < -0.39 is 5.97 Å². The zero-order valence-electron chi connectivity index (χ0n) is 9.37. The summed E-state index contributed by atoms with van der Waals surface area (Å²) in [7, 11) is 0. The van der Waals surface area contributed by atoms with Gasteiger partial charge in [0.05, 0.1) is 18.0 Å².